The van der Waals surface area contributed by atoms with E-state index in [1.165, 1.54) is 0 Å². The molecule has 0 saturated heterocycles. The molecule has 6 rings (SSSR count). The summed E-state index contributed by atoms with van der Waals surface area (Å²) in [6.07, 6.45) is 0.937. The summed E-state index contributed by atoms with van der Waals surface area (Å²) in [6.45, 7) is 1.97. The number of aromatic hydroxyl groups is 1. The number of carbonyl (C=O) groups is 1. The van der Waals surface area contributed by atoms with Crippen LogP contribution in [0.15, 0.2) is 89.4 Å². The second kappa shape index (κ2) is 6.89. The molecular formula is C27H19N3O2. The first kappa shape index (κ1) is 18.5. The van der Waals surface area contributed by atoms with E-state index in [0.29, 0.717) is 5.57 Å². The number of aldehydes is 1. The SMILES string of the molecule is Cc1nn(-c2ccccc2)c2c1=C(c1ccc(O)cc1)C1=C(C=O)c3ccccc3C1N=2. The molecule has 0 fully saturated rings. The van der Waals surface area contributed by atoms with E-state index in [1.807, 2.05) is 78.3 Å². The van der Waals surface area contributed by atoms with Crippen molar-refractivity contribution >= 4 is 17.4 Å². The van der Waals surface area contributed by atoms with Gasteiger partial charge in [-0.3, -0.25) is 9.79 Å². The first-order valence-electron chi connectivity index (χ1n) is 10.5. The fraction of sp³-hybridized carbons (Fsp3) is 0.0741. The van der Waals surface area contributed by atoms with Gasteiger partial charge in [-0.05, 0) is 47.9 Å². The average Bonchev–Trinajstić information content (AvgIpc) is 3.33. The van der Waals surface area contributed by atoms with Crippen LogP contribution in [0.2, 0.25) is 0 Å². The summed E-state index contributed by atoms with van der Waals surface area (Å²) < 4.78 is 1.88. The molecule has 1 atom stereocenters. The fourth-order valence-corrected chi connectivity index (χ4v) is 4.82. The Labute approximate surface area is 184 Å². The van der Waals surface area contributed by atoms with Crippen LogP contribution in [0.5, 0.6) is 5.75 Å². The minimum Gasteiger partial charge on any atom is -0.508 e. The van der Waals surface area contributed by atoms with E-state index in [9.17, 15) is 9.90 Å². The lowest BCUT2D eigenvalue weighted by atomic mass is 9.88. The van der Waals surface area contributed by atoms with Crippen molar-refractivity contribution in [2.75, 3.05) is 0 Å². The predicted molar refractivity (Wildman–Crippen MR) is 122 cm³/mol. The highest BCUT2D eigenvalue weighted by molar-refractivity contribution is 6.16. The second-order valence-electron chi connectivity index (χ2n) is 8.02. The number of benzene rings is 3. The van der Waals surface area contributed by atoms with Crippen molar-refractivity contribution < 1.29 is 9.90 Å². The Hall–Kier alpha value is -4.25. The maximum atomic E-state index is 12.3. The lowest BCUT2D eigenvalue weighted by Gasteiger charge is -2.20. The Balaban J connectivity index is 1.79. The van der Waals surface area contributed by atoms with Crippen LogP contribution in [0.1, 0.15) is 28.4 Å². The lowest BCUT2D eigenvalue weighted by Crippen LogP contribution is -2.36. The van der Waals surface area contributed by atoms with Gasteiger partial charge in [0.05, 0.1) is 16.6 Å². The number of aryl methyl sites for hydroxylation is 1. The molecule has 0 amide bonds. The highest BCUT2D eigenvalue weighted by Gasteiger charge is 2.36. The molecule has 1 unspecified atom stereocenters. The molecule has 5 heteroatoms. The van der Waals surface area contributed by atoms with E-state index in [1.54, 1.807) is 12.1 Å². The van der Waals surface area contributed by atoms with Crippen LogP contribution in [-0.2, 0) is 4.79 Å². The zero-order valence-corrected chi connectivity index (χ0v) is 17.4. The number of nitrogens with zero attached hydrogens (tertiary/aromatic N) is 3. The molecule has 1 aliphatic heterocycles. The van der Waals surface area contributed by atoms with Gasteiger partial charge in [-0.25, -0.2) is 4.68 Å². The predicted octanol–water partition coefficient (Wildman–Crippen LogP) is 3.43. The Morgan fingerprint density at radius 2 is 1.66 bits per heavy atom. The molecule has 32 heavy (non-hydrogen) atoms. The Morgan fingerprint density at radius 3 is 2.41 bits per heavy atom. The van der Waals surface area contributed by atoms with E-state index in [0.717, 1.165) is 56.2 Å². The average molecular weight is 417 g/mol. The van der Waals surface area contributed by atoms with Gasteiger partial charge >= 0.3 is 0 Å². The zero-order valence-electron chi connectivity index (χ0n) is 17.4. The van der Waals surface area contributed by atoms with Crippen molar-refractivity contribution in [2.45, 2.75) is 13.0 Å². The van der Waals surface area contributed by atoms with Gasteiger partial charge in [-0.2, -0.15) is 5.10 Å². The number of hydrogen-bond acceptors (Lipinski definition) is 4. The largest absolute Gasteiger partial charge is 0.508 e. The van der Waals surface area contributed by atoms with Crippen LogP contribution in [-0.4, -0.2) is 21.2 Å². The van der Waals surface area contributed by atoms with Gasteiger partial charge in [0.25, 0.3) is 0 Å². The number of rotatable bonds is 3. The minimum absolute atomic E-state index is 0.197. The van der Waals surface area contributed by atoms with Crippen LogP contribution >= 0.6 is 0 Å². The molecule has 4 aromatic rings. The van der Waals surface area contributed by atoms with E-state index >= 15 is 0 Å². The standard InChI is InChI=1S/C27H19N3O2/c1-16-23-24(17-11-13-19(32)14-12-17)25-22(15-31)20-9-5-6-10-21(20)26(25)28-27(23)30(29-16)18-7-3-2-4-8-18/h2-15,26,32H,1H3. The molecule has 1 aliphatic carbocycles. The van der Waals surface area contributed by atoms with Gasteiger partial charge < -0.3 is 5.11 Å². The molecule has 0 saturated carbocycles. The van der Waals surface area contributed by atoms with E-state index in [2.05, 4.69) is 0 Å². The molecule has 1 N–H and O–H groups in total. The van der Waals surface area contributed by atoms with Crippen LogP contribution < -0.4 is 10.7 Å². The smallest absolute Gasteiger partial charge is 0.160 e. The fourth-order valence-electron chi connectivity index (χ4n) is 4.82. The highest BCUT2D eigenvalue weighted by atomic mass is 16.3. The lowest BCUT2D eigenvalue weighted by molar-refractivity contribution is -0.103. The Morgan fingerprint density at radius 1 is 0.938 bits per heavy atom. The monoisotopic (exact) mass is 417 g/mol. The quantitative estimate of drug-likeness (QED) is 0.520. The second-order valence-corrected chi connectivity index (χ2v) is 8.02. The molecule has 154 valence electrons. The Bertz CT molecular complexity index is 1540. The summed E-state index contributed by atoms with van der Waals surface area (Å²) >= 11 is 0. The summed E-state index contributed by atoms with van der Waals surface area (Å²) in [4.78, 5) is 17.5. The number of fused-ring (bicyclic) bond motifs is 4. The minimum atomic E-state index is -0.290. The molecule has 5 nitrogen and oxygen atoms in total. The number of allylic oxidation sites excluding steroid dienone is 1. The maximum absolute atomic E-state index is 12.3. The third-order valence-corrected chi connectivity index (χ3v) is 6.19. The van der Waals surface area contributed by atoms with E-state index in [-0.39, 0.29) is 11.8 Å². The summed E-state index contributed by atoms with van der Waals surface area (Å²) in [5.41, 5.74) is 7.90. The molecule has 2 aliphatic rings. The molecule has 3 aromatic carbocycles. The molecular weight excluding hydrogens is 398 g/mol. The highest BCUT2D eigenvalue weighted by Crippen LogP contribution is 2.47. The first-order chi connectivity index (χ1) is 15.7. The van der Waals surface area contributed by atoms with Crippen molar-refractivity contribution in [1.29, 1.82) is 0 Å². The number of phenols is 1. The third kappa shape index (κ3) is 2.54. The summed E-state index contributed by atoms with van der Waals surface area (Å²) in [5, 5.41) is 15.6. The Kier molecular flexibility index (Phi) is 3.98. The van der Waals surface area contributed by atoms with Crippen molar-refractivity contribution in [3.05, 3.63) is 118 Å². The van der Waals surface area contributed by atoms with Gasteiger partial charge in [0.15, 0.2) is 11.8 Å². The van der Waals surface area contributed by atoms with Crippen molar-refractivity contribution in [3.8, 4) is 11.4 Å². The zero-order chi connectivity index (χ0) is 21.8. The summed E-state index contributed by atoms with van der Waals surface area (Å²) in [6, 6.07) is 24.7. The molecule has 1 aromatic heterocycles. The van der Waals surface area contributed by atoms with Crippen LogP contribution in [0.25, 0.3) is 16.8 Å². The number of phenolic OH excluding ortho intramolecular Hbond substituents is 1. The summed E-state index contributed by atoms with van der Waals surface area (Å²) in [7, 11) is 0. The number of aromatic nitrogens is 2. The number of para-hydroxylation sites is 1. The van der Waals surface area contributed by atoms with Gasteiger partial charge in [0.1, 0.15) is 11.8 Å². The molecule has 2 heterocycles. The number of carbonyl (C=O) groups excluding carboxylic acids is 1. The van der Waals surface area contributed by atoms with Crippen molar-refractivity contribution in [2.24, 2.45) is 4.99 Å². The normalized spacial score (nSPS) is 16.3. The van der Waals surface area contributed by atoms with Gasteiger partial charge in [-0.15, -0.1) is 0 Å². The summed E-state index contributed by atoms with van der Waals surface area (Å²) in [5.74, 6) is 0.197. The van der Waals surface area contributed by atoms with Gasteiger partial charge in [0.2, 0.25) is 0 Å². The van der Waals surface area contributed by atoms with Crippen LogP contribution in [0, 0.1) is 6.92 Å². The van der Waals surface area contributed by atoms with Crippen molar-refractivity contribution in [3.63, 3.8) is 0 Å². The van der Waals surface area contributed by atoms with Gasteiger partial charge in [0, 0.05) is 16.7 Å². The molecule has 0 spiro atoms. The van der Waals surface area contributed by atoms with E-state index < -0.39 is 0 Å². The number of hydrogen-bond donors (Lipinski definition) is 1. The van der Waals surface area contributed by atoms with Gasteiger partial charge in [-0.1, -0.05) is 54.6 Å². The first-order valence-corrected chi connectivity index (χ1v) is 10.5. The maximum Gasteiger partial charge on any atom is 0.160 e. The third-order valence-electron chi connectivity index (χ3n) is 6.19. The van der Waals surface area contributed by atoms with Crippen LogP contribution in [0.4, 0.5) is 0 Å². The topological polar surface area (TPSA) is 67.5 Å². The van der Waals surface area contributed by atoms with Crippen LogP contribution in [0.3, 0.4) is 0 Å². The van der Waals surface area contributed by atoms with Crippen molar-refractivity contribution in [1.82, 2.24) is 9.78 Å². The van der Waals surface area contributed by atoms with E-state index in [4.69, 9.17) is 10.1 Å². The molecule has 0 bridgehead atoms. The molecule has 0 radical (unpaired) electrons.